The molecule has 2 aromatic rings. The predicted molar refractivity (Wildman–Crippen MR) is 117 cm³/mol. The highest BCUT2D eigenvalue weighted by Crippen LogP contribution is 2.37. The van der Waals surface area contributed by atoms with Crippen LogP contribution in [0.3, 0.4) is 0 Å². The molecule has 1 amide bonds. The van der Waals surface area contributed by atoms with Crippen molar-refractivity contribution in [3.8, 4) is 11.5 Å². The van der Waals surface area contributed by atoms with Crippen molar-refractivity contribution in [2.24, 2.45) is 0 Å². The Balaban J connectivity index is 1.63. The standard InChI is InChI=1S/C25H27NO6/c1-3-19(18-11-12-21-22(14-18)32-16-31-21)23(30-15-17-8-5-4-6-9-17)24(27)26-13-7-10-20(26)25(28)29-2/h3-6,8-9,11-12,14,19-20,23H,1,7,10,13,15-16H2,2H3/t19-,20-,23-/m0/s1. The van der Waals surface area contributed by atoms with Crippen molar-refractivity contribution < 1.29 is 28.5 Å². The van der Waals surface area contributed by atoms with Gasteiger partial charge in [0.1, 0.15) is 12.1 Å². The Labute approximate surface area is 187 Å². The van der Waals surface area contributed by atoms with E-state index in [2.05, 4.69) is 6.58 Å². The fourth-order valence-corrected chi connectivity index (χ4v) is 4.22. The molecule has 0 radical (unpaired) electrons. The number of hydrogen-bond donors (Lipinski definition) is 0. The fraction of sp³-hybridized carbons (Fsp3) is 0.360. The van der Waals surface area contributed by atoms with E-state index >= 15 is 0 Å². The van der Waals surface area contributed by atoms with Crippen LogP contribution in [-0.4, -0.2) is 49.4 Å². The summed E-state index contributed by atoms with van der Waals surface area (Å²) in [4.78, 5) is 27.5. The number of hydrogen-bond acceptors (Lipinski definition) is 6. The van der Waals surface area contributed by atoms with Gasteiger partial charge in [-0.05, 0) is 36.1 Å². The number of benzene rings is 2. The summed E-state index contributed by atoms with van der Waals surface area (Å²) in [5.74, 6) is 0.180. The van der Waals surface area contributed by atoms with Gasteiger partial charge in [0.15, 0.2) is 11.5 Å². The summed E-state index contributed by atoms with van der Waals surface area (Å²) in [6.07, 6.45) is 2.15. The summed E-state index contributed by atoms with van der Waals surface area (Å²) in [5, 5.41) is 0. The molecule has 2 aliphatic heterocycles. The van der Waals surface area contributed by atoms with E-state index < -0.39 is 24.0 Å². The average molecular weight is 437 g/mol. The Hall–Kier alpha value is -3.32. The van der Waals surface area contributed by atoms with Gasteiger partial charge in [-0.2, -0.15) is 0 Å². The molecule has 1 fully saturated rings. The van der Waals surface area contributed by atoms with Gasteiger partial charge in [0, 0.05) is 12.5 Å². The maximum absolute atomic E-state index is 13.7. The summed E-state index contributed by atoms with van der Waals surface area (Å²) >= 11 is 0. The van der Waals surface area contributed by atoms with Crippen molar-refractivity contribution in [3.63, 3.8) is 0 Å². The molecule has 168 valence electrons. The molecule has 0 saturated carbocycles. The van der Waals surface area contributed by atoms with Crippen LogP contribution in [0.5, 0.6) is 11.5 Å². The Bertz CT molecular complexity index is 976. The number of rotatable bonds is 8. The Morgan fingerprint density at radius 3 is 2.72 bits per heavy atom. The van der Waals surface area contributed by atoms with Crippen LogP contribution in [0.1, 0.15) is 29.9 Å². The second-order valence-corrected chi connectivity index (χ2v) is 7.80. The third-order valence-electron chi connectivity index (χ3n) is 5.89. The largest absolute Gasteiger partial charge is 0.467 e. The number of methoxy groups -OCH3 is 1. The van der Waals surface area contributed by atoms with Gasteiger partial charge >= 0.3 is 5.97 Å². The quantitative estimate of drug-likeness (QED) is 0.465. The highest BCUT2D eigenvalue weighted by Gasteiger charge is 2.41. The van der Waals surface area contributed by atoms with Crippen molar-refractivity contribution in [1.82, 2.24) is 4.90 Å². The van der Waals surface area contributed by atoms with Crippen molar-refractivity contribution >= 4 is 11.9 Å². The van der Waals surface area contributed by atoms with E-state index in [9.17, 15) is 9.59 Å². The molecule has 0 spiro atoms. The summed E-state index contributed by atoms with van der Waals surface area (Å²) in [7, 11) is 1.34. The van der Waals surface area contributed by atoms with E-state index in [0.717, 1.165) is 17.5 Å². The normalized spacial score (nSPS) is 18.8. The molecule has 2 heterocycles. The number of esters is 1. The van der Waals surface area contributed by atoms with Crippen LogP contribution >= 0.6 is 0 Å². The third kappa shape index (κ3) is 4.48. The topological polar surface area (TPSA) is 74.3 Å². The van der Waals surface area contributed by atoms with Crippen molar-refractivity contribution in [3.05, 3.63) is 72.3 Å². The van der Waals surface area contributed by atoms with Gasteiger partial charge in [-0.3, -0.25) is 4.79 Å². The Morgan fingerprint density at radius 1 is 1.19 bits per heavy atom. The zero-order chi connectivity index (χ0) is 22.5. The minimum absolute atomic E-state index is 0.166. The molecule has 32 heavy (non-hydrogen) atoms. The molecule has 3 atom stereocenters. The molecule has 2 aliphatic rings. The third-order valence-corrected chi connectivity index (χ3v) is 5.89. The van der Waals surface area contributed by atoms with Gasteiger partial charge in [0.05, 0.1) is 13.7 Å². The lowest BCUT2D eigenvalue weighted by Crippen LogP contribution is -2.48. The summed E-state index contributed by atoms with van der Waals surface area (Å²) in [6, 6.07) is 14.6. The molecule has 0 aromatic heterocycles. The lowest BCUT2D eigenvalue weighted by atomic mass is 9.91. The molecule has 1 saturated heterocycles. The second kappa shape index (κ2) is 9.87. The lowest BCUT2D eigenvalue weighted by Gasteiger charge is -2.31. The molecule has 0 unspecified atom stereocenters. The van der Waals surface area contributed by atoms with Crippen LogP contribution in [0.25, 0.3) is 0 Å². The average Bonchev–Trinajstić information content (AvgIpc) is 3.50. The zero-order valence-corrected chi connectivity index (χ0v) is 18.1. The van der Waals surface area contributed by atoms with E-state index in [-0.39, 0.29) is 19.3 Å². The Morgan fingerprint density at radius 2 is 1.97 bits per heavy atom. The highest BCUT2D eigenvalue weighted by atomic mass is 16.7. The lowest BCUT2D eigenvalue weighted by molar-refractivity contribution is -0.156. The van der Waals surface area contributed by atoms with Crippen molar-refractivity contribution in [2.75, 3.05) is 20.4 Å². The first kappa shape index (κ1) is 21.9. The van der Waals surface area contributed by atoms with Gasteiger partial charge in [-0.15, -0.1) is 6.58 Å². The fourth-order valence-electron chi connectivity index (χ4n) is 4.22. The number of ether oxygens (including phenoxy) is 4. The first-order chi connectivity index (χ1) is 15.6. The van der Waals surface area contributed by atoms with E-state index in [0.29, 0.717) is 24.5 Å². The number of amides is 1. The van der Waals surface area contributed by atoms with Gasteiger partial charge in [0.2, 0.25) is 6.79 Å². The molecule has 7 nitrogen and oxygen atoms in total. The number of carbonyl (C=O) groups is 2. The summed E-state index contributed by atoms with van der Waals surface area (Å²) < 4.78 is 22.0. The second-order valence-electron chi connectivity index (χ2n) is 7.80. The summed E-state index contributed by atoms with van der Waals surface area (Å²) in [5.41, 5.74) is 1.77. The molecule has 7 heteroatoms. The molecule has 0 bridgehead atoms. The predicted octanol–water partition coefficient (Wildman–Crippen LogP) is 3.43. The summed E-state index contributed by atoms with van der Waals surface area (Å²) in [6.45, 7) is 4.87. The minimum Gasteiger partial charge on any atom is -0.467 e. The number of fused-ring (bicyclic) bond motifs is 1. The zero-order valence-electron chi connectivity index (χ0n) is 18.1. The molecule has 4 rings (SSSR count). The van der Waals surface area contributed by atoms with E-state index in [1.54, 1.807) is 11.0 Å². The number of nitrogens with zero attached hydrogens (tertiary/aromatic N) is 1. The van der Waals surface area contributed by atoms with Gasteiger partial charge in [-0.25, -0.2) is 4.79 Å². The van der Waals surface area contributed by atoms with Gasteiger partial charge in [-0.1, -0.05) is 42.5 Å². The van der Waals surface area contributed by atoms with Crippen LogP contribution < -0.4 is 9.47 Å². The molecular weight excluding hydrogens is 410 g/mol. The van der Waals surface area contributed by atoms with Crippen molar-refractivity contribution in [1.29, 1.82) is 0 Å². The first-order valence-electron chi connectivity index (χ1n) is 10.7. The van der Waals surface area contributed by atoms with E-state index in [1.165, 1.54) is 7.11 Å². The minimum atomic E-state index is -0.863. The van der Waals surface area contributed by atoms with Crippen LogP contribution in [0, 0.1) is 0 Å². The molecule has 0 aliphatic carbocycles. The monoisotopic (exact) mass is 437 g/mol. The van der Waals surface area contributed by atoms with Crippen LogP contribution in [0.4, 0.5) is 0 Å². The highest BCUT2D eigenvalue weighted by molar-refractivity contribution is 5.88. The number of carbonyl (C=O) groups excluding carboxylic acids is 2. The maximum Gasteiger partial charge on any atom is 0.328 e. The van der Waals surface area contributed by atoms with Crippen LogP contribution in [0.2, 0.25) is 0 Å². The molecule has 0 N–H and O–H groups in total. The van der Waals surface area contributed by atoms with Crippen molar-refractivity contribution in [2.45, 2.75) is 37.5 Å². The molecule has 2 aromatic carbocycles. The van der Waals surface area contributed by atoms with Gasteiger partial charge in [0.25, 0.3) is 5.91 Å². The van der Waals surface area contributed by atoms with E-state index in [1.807, 2.05) is 48.5 Å². The SMILES string of the molecule is C=C[C@@H](c1ccc2c(c1)OCO2)[C@H](OCc1ccccc1)C(=O)N1CCC[C@H]1C(=O)OC. The van der Waals surface area contributed by atoms with Gasteiger partial charge < -0.3 is 23.8 Å². The first-order valence-corrected chi connectivity index (χ1v) is 10.7. The van der Waals surface area contributed by atoms with E-state index in [4.69, 9.17) is 18.9 Å². The Kier molecular flexibility index (Phi) is 6.75. The smallest absolute Gasteiger partial charge is 0.328 e. The number of likely N-dealkylation sites (tertiary alicyclic amines) is 1. The van der Waals surface area contributed by atoms with Crippen LogP contribution in [0.15, 0.2) is 61.2 Å². The maximum atomic E-state index is 13.7. The van der Waals surface area contributed by atoms with Crippen LogP contribution in [-0.2, 0) is 25.7 Å². The molecular formula is C25H27NO6.